The van der Waals surface area contributed by atoms with Gasteiger partial charge in [-0.25, -0.2) is 9.18 Å². The van der Waals surface area contributed by atoms with Crippen molar-refractivity contribution in [1.29, 1.82) is 0 Å². The first-order valence-electron chi connectivity index (χ1n) is 5.82. The van der Waals surface area contributed by atoms with Gasteiger partial charge in [-0.15, -0.1) is 0 Å². The highest BCUT2D eigenvalue weighted by Crippen LogP contribution is 2.19. The number of aromatic nitrogens is 1. The molecule has 20 heavy (non-hydrogen) atoms. The van der Waals surface area contributed by atoms with E-state index in [4.69, 9.17) is 0 Å². The maximum atomic E-state index is 13.6. The zero-order valence-electron chi connectivity index (χ0n) is 10.7. The van der Waals surface area contributed by atoms with Crippen molar-refractivity contribution in [3.8, 4) is 0 Å². The van der Waals surface area contributed by atoms with E-state index >= 15 is 0 Å². The van der Waals surface area contributed by atoms with Crippen molar-refractivity contribution in [1.82, 2.24) is 4.98 Å². The number of nitrogens with one attached hydrogen (secondary N) is 1. The fraction of sp³-hybridized carbons (Fsp3) is 0.143. The van der Waals surface area contributed by atoms with E-state index in [1.165, 1.54) is 19.4 Å². The highest BCUT2D eigenvalue weighted by atomic mass is 79.9. The van der Waals surface area contributed by atoms with Gasteiger partial charge >= 0.3 is 5.97 Å². The number of benzene rings is 1. The van der Waals surface area contributed by atoms with Gasteiger partial charge in [-0.1, -0.05) is 15.9 Å². The van der Waals surface area contributed by atoms with Crippen LogP contribution in [0.3, 0.4) is 0 Å². The highest BCUT2D eigenvalue weighted by Gasteiger charge is 2.06. The zero-order valence-corrected chi connectivity index (χ0v) is 12.3. The highest BCUT2D eigenvalue weighted by molar-refractivity contribution is 9.10. The van der Waals surface area contributed by atoms with E-state index in [0.29, 0.717) is 28.0 Å². The fourth-order valence-corrected chi connectivity index (χ4v) is 1.92. The van der Waals surface area contributed by atoms with Crippen LogP contribution in [0.4, 0.5) is 10.1 Å². The number of ether oxygens (including phenoxy) is 1. The third-order valence-corrected chi connectivity index (χ3v) is 3.13. The van der Waals surface area contributed by atoms with Crippen LogP contribution in [-0.4, -0.2) is 18.1 Å². The molecule has 1 N–H and O–H groups in total. The minimum absolute atomic E-state index is 0.342. The van der Waals surface area contributed by atoms with Gasteiger partial charge in [0, 0.05) is 10.7 Å². The molecule has 0 fully saturated rings. The van der Waals surface area contributed by atoms with Crippen molar-refractivity contribution < 1.29 is 13.9 Å². The molecular weight excluding hydrogens is 327 g/mol. The number of hydrogen-bond donors (Lipinski definition) is 1. The number of nitrogens with zero attached hydrogens (tertiary/aromatic N) is 1. The molecule has 0 saturated carbocycles. The number of pyridine rings is 1. The van der Waals surface area contributed by atoms with Crippen LogP contribution in [0.25, 0.3) is 0 Å². The minimum Gasteiger partial charge on any atom is -0.465 e. The monoisotopic (exact) mass is 338 g/mol. The van der Waals surface area contributed by atoms with Crippen LogP contribution in [0.15, 0.2) is 41.0 Å². The summed E-state index contributed by atoms with van der Waals surface area (Å²) < 4.78 is 18.9. The average Bonchev–Trinajstić information content (AvgIpc) is 2.46. The molecule has 0 aliphatic heterocycles. The average molecular weight is 339 g/mol. The van der Waals surface area contributed by atoms with Crippen molar-refractivity contribution >= 4 is 27.6 Å². The van der Waals surface area contributed by atoms with E-state index in [-0.39, 0.29) is 5.82 Å². The van der Waals surface area contributed by atoms with Gasteiger partial charge in [-0.3, -0.25) is 4.98 Å². The first kappa shape index (κ1) is 14.5. The molecule has 0 unspecified atom stereocenters. The zero-order chi connectivity index (χ0) is 14.5. The smallest absolute Gasteiger partial charge is 0.339 e. The normalized spacial score (nSPS) is 10.2. The van der Waals surface area contributed by atoms with Crippen molar-refractivity contribution in [2.75, 3.05) is 12.4 Å². The predicted octanol–water partition coefficient (Wildman–Crippen LogP) is 3.38. The Hall–Kier alpha value is -1.95. The molecule has 104 valence electrons. The molecule has 0 aliphatic carbocycles. The van der Waals surface area contributed by atoms with Gasteiger partial charge in [-0.2, -0.15) is 0 Å². The summed E-state index contributed by atoms with van der Waals surface area (Å²) in [6.45, 7) is 0.361. The van der Waals surface area contributed by atoms with Crippen molar-refractivity contribution in [2.45, 2.75) is 6.54 Å². The molecule has 0 aliphatic rings. The topological polar surface area (TPSA) is 51.2 Å². The summed E-state index contributed by atoms with van der Waals surface area (Å²) in [6, 6.07) is 8.08. The molecule has 6 heteroatoms. The van der Waals surface area contributed by atoms with E-state index in [1.54, 1.807) is 24.3 Å². The van der Waals surface area contributed by atoms with Crippen LogP contribution in [0.2, 0.25) is 0 Å². The second-order valence-corrected chi connectivity index (χ2v) is 4.92. The van der Waals surface area contributed by atoms with Crippen LogP contribution >= 0.6 is 15.9 Å². The molecule has 0 bridgehead atoms. The third kappa shape index (κ3) is 3.54. The summed E-state index contributed by atoms with van der Waals surface area (Å²) in [5.74, 6) is -0.776. The van der Waals surface area contributed by atoms with Crippen molar-refractivity contribution in [2.24, 2.45) is 0 Å². The number of hydrogen-bond acceptors (Lipinski definition) is 4. The molecule has 0 radical (unpaired) electrons. The number of anilines is 1. The van der Waals surface area contributed by atoms with Crippen LogP contribution in [0, 0.1) is 5.82 Å². The van der Waals surface area contributed by atoms with E-state index in [0.717, 1.165) is 0 Å². The maximum Gasteiger partial charge on any atom is 0.339 e. The molecule has 2 rings (SSSR count). The second kappa shape index (κ2) is 6.47. The quantitative estimate of drug-likeness (QED) is 0.868. The molecule has 0 spiro atoms. The number of methoxy groups -OCH3 is 1. The van der Waals surface area contributed by atoms with Crippen LogP contribution in [0.1, 0.15) is 16.1 Å². The molecule has 0 amide bonds. The number of rotatable bonds is 4. The molecule has 0 saturated heterocycles. The van der Waals surface area contributed by atoms with Crippen LogP contribution < -0.4 is 5.32 Å². The molecule has 4 nitrogen and oxygen atoms in total. The third-order valence-electron chi connectivity index (χ3n) is 2.64. The van der Waals surface area contributed by atoms with Crippen LogP contribution in [0.5, 0.6) is 0 Å². The molecule has 0 atom stereocenters. The summed E-state index contributed by atoms with van der Waals surface area (Å²) in [6.07, 6.45) is 1.43. The Kier molecular flexibility index (Phi) is 4.68. The summed E-state index contributed by atoms with van der Waals surface area (Å²) >= 11 is 3.20. The van der Waals surface area contributed by atoms with Crippen molar-refractivity contribution in [3.63, 3.8) is 0 Å². The Morgan fingerprint density at radius 2 is 2.20 bits per heavy atom. The van der Waals surface area contributed by atoms with Crippen molar-refractivity contribution in [3.05, 3.63) is 58.1 Å². The Labute approximate surface area is 124 Å². The Bertz CT molecular complexity index is 617. The molecule has 1 aromatic carbocycles. The lowest BCUT2D eigenvalue weighted by Gasteiger charge is -2.07. The van der Waals surface area contributed by atoms with Gasteiger partial charge in [0.25, 0.3) is 0 Å². The number of carbonyl (C=O) groups excluding carboxylic acids is 1. The van der Waals surface area contributed by atoms with E-state index in [9.17, 15) is 9.18 Å². The SMILES string of the molecule is COC(=O)c1ccc(CNc2ccc(Br)cc2F)nc1. The summed E-state index contributed by atoms with van der Waals surface area (Å²) in [7, 11) is 1.31. The van der Waals surface area contributed by atoms with Gasteiger partial charge in [0.2, 0.25) is 0 Å². The number of carbonyl (C=O) groups is 1. The number of halogens is 2. The Morgan fingerprint density at radius 3 is 2.80 bits per heavy atom. The maximum absolute atomic E-state index is 13.6. The second-order valence-electron chi connectivity index (χ2n) is 4.01. The predicted molar refractivity (Wildman–Crippen MR) is 77.0 cm³/mol. The van der Waals surface area contributed by atoms with Gasteiger partial charge in [-0.05, 0) is 30.3 Å². The van der Waals surface area contributed by atoms with E-state index in [1.807, 2.05) is 0 Å². The summed E-state index contributed by atoms with van der Waals surface area (Å²) in [5.41, 5.74) is 1.47. The Balaban J connectivity index is 2.02. The molecular formula is C14H12BrFN2O2. The van der Waals surface area contributed by atoms with E-state index in [2.05, 4.69) is 31.0 Å². The first-order chi connectivity index (χ1) is 9.60. The fourth-order valence-electron chi connectivity index (χ4n) is 1.59. The lowest BCUT2D eigenvalue weighted by Crippen LogP contribution is -2.06. The lowest BCUT2D eigenvalue weighted by atomic mass is 10.2. The van der Waals surface area contributed by atoms with Gasteiger partial charge in [0.05, 0.1) is 30.6 Å². The summed E-state index contributed by atoms with van der Waals surface area (Å²) in [5, 5.41) is 2.94. The molecule has 1 aromatic heterocycles. The molecule has 2 aromatic rings. The standard InChI is InChI=1S/C14H12BrFN2O2/c1-20-14(19)9-2-4-11(17-7-9)8-18-13-5-3-10(15)6-12(13)16/h2-7,18H,8H2,1H3. The number of esters is 1. The van der Waals surface area contributed by atoms with Crippen LogP contribution in [-0.2, 0) is 11.3 Å². The largest absolute Gasteiger partial charge is 0.465 e. The van der Waals surface area contributed by atoms with Gasteiger partial charge in [0.15, 0.2) is 0 Å². The van der Waals surface area contributed by atoms with E-state index < -0.39 is 5.97 Å². The van der Waals surface area contributed by atoms with Gasteiger partial charge < -0.3 is 10.1 Å². The van der Waals surface area contributed by atoms with Gasteiger partial charge in [0.1, 0.15) is 5.82 Å². The lowest BCUT2D eigenvalue weighted by molar-refractivity contribution is 0.0600. The molecule has 1 heterocycles. The Morgan fingerprint density at radius 1 is 1.40 bits per heavy atom. The minimum atomic E-state index is -0.434. The summed E-state index contributed by atoms with van der Waals surface area (Å²) in [4.78, 5) is 15.4. The first-order valence-corrected chi connectivity index (χ1v) is 6.61.